The molecule has 1 fully saturated rings. The van der Waals surface area contributed by atoms with Crippen LogP contribution >= 0.6 is 0 Å². The van der Waals surface area contributed by atoms with E-state index in [1.807, 2.05) is 0 Å². The van der Waals surface area contributed by atoms with Crippen LogP contribution in [0.2, 0.25) is 0 Å². The number of hydrogen-bond donors (Lipinski definition) is 1. The second-order valence-corrected chi connectivity index (χ2v) is 2.37. The van der Waals surface area contributed by atoms with Gasteiger partial charge in [0.05, 0.1) is 13.1 Å². The Balaban J connectivity index is 2.09. The molecular weight excluding hydrogens is 116 g/mol. The lowest BCUT2D eigenvalue weighted by atomic mass is 10.2. The number of likely N-dealkylation sites (tertiary alicyclic amines) is 1. The molecule has 0 saturated carbocycles. The third-order valence-electron chi connectivity index (χ3n) is 1.58. The molecule has 1 heterocycles. The van der Waals surface area contributed by atoms with Crippen LogP contribution in [0.15, 0.2) is 0 Å². The van der Waals surface area contributed by atoms with Gasteiger partial charge in [-0.3, -0.25) is 9.69 Å². The van der Waals surface area contributed by atoms with Crippen molar-refractivity contribution in [2.24, 2.45) is 5.73 Å². The van der Waals surface area contributed by atoms with E-state index in [0.29, 0.717) is 6.54 Å². The number of Topliss-reactive ketones (excluding diaryl/α,β-unsaturated/α-hetero) is 1. The van der Waals surface area contributed by atoms with E-state index in [2.05, 4.69) is 4.90 Å². The third-order valence-corrected chi connectivity index (χ3v) is 1.58. The fourth-order valence-corrected chi connectivity index (χ4v) is 0.854. The summed E-state index contributed by atoms with van der Waals surface area (Å²) in [7, 11) is 0. The summed E-state index contributed by atoms with van der Waals surface area (Å²) in [4.78, 5) is 12.8. The van der Waals surface area contributed by atoms with Gasteiger partial charge < -0.3 is 5.73 Å². The highest BCUT2D eigenvalue weighted by Gasteiger charge is 2.15. The van der Waals surface area contributed by atoms with Gasteiger partial charge in [-0.15, -0.1) is 0 Å². The highest BCUT2D eigenvalue weighted by molar-refractivity contribution is 5.82. The molecule has 1 aliphatic heterocycles. The number of carbonyl (C=O) groups excluding carboxylic acids is 1. The topological polar surface area (TPSA) is 46.3 Å². The first-order valence-corrected chi connectivity index (χ1v) is 3.27. The molecule has 0 unspecified atom stereocenters. The Labute approximate surface area is 54.8 Å². The minimum Gasteiger partial charge on any atom is -0.324 e. The van der Waals surface area contributed by atoms with Crippen molar-refractivity contribution < 1.29 is 4.79 Å². The van der Waals surface area contributed by atoms with Crippen molar-refractivity contribution in [3.63, 3.8) is 0 Å². The summed E-state index contributed by atoms with van der Waals surface area (Å²) < 4.78 is 0. The molecule has 0 radical (unpaired) electrons. The molecule has 52 valence electrons. The lowest BCUT2D eigenvalue weighted by molar-refractivity contribution is -0.119. The Morgan fingerprint density at radius 1 is 1.56 bits per heavy atom. The van der Waals surface area contributed by atoms with Crippen molar-refractivity contribution in [1.29, 1.82) is 0 Å². The normalized spacial score (nSPS) is 19.2. The summed E-state index contributed by atoms with van der Waals surface area (Å²) in [5, 5.41) is 0. The van der Waals surface area contributed by atoms with Crippen LogP contribution < -0.4 is 5.73 Å². The van der Waals surface area contributed by atoms with Gasteiger partial charge in [0.25, 0.3) is 0 Å². The van der Waals surface area contributed by atoms with Gasteiger partial charge >= 0.3 is 0 Å². The number of nitrogens with zero attached hydrogens (tertiary/aromatic N) is 1. The molecule has 1 saturated heterocycles. The van der Waals surface area contributed by atoms with Gasteiger partial charge in [0.1, 0.15) is 0 Å². The van der Waals surface area contributed by atoms with E-state index in [4.69, 9.17) is 5.73 Å². The van der Waals surface area contributed by atoms with E-state index in [0.717, 1.165) is 13.1 Å². The second-order valence-electron chi connectivity index (χ2n) is 2.37. The number of rotatable bonds is 3. The van der Waals surface area contributed by atoms with Gasteiger partial charge in [0.2, 0.25) is 0 Å². The first kappa shape index (κ1) is 6.71. The van der Waals surface area contributed by atoms with Crippen molar-refractivity contribution in [2.45, 2.75) is 6.42 Å². The minimum atomic E-state index is 0.148. The molecule has 0 aromatic heterocycles. The van der Waals surface area contributed by atoms with E-state index in [1.165, 1.54) is 6.42 Å². The van der Waals surface area contributed by atoms with Gasteiger partial charge in [0, 0.05) is 0 Å². The van der Waals surface area contributed by atoms with Crippen LogP contribution in [-0.4, -0.2) is 36.9 Å². The number of carbonyl (C=O) groups is 1. The molecule has 3 nitrogen and oxygen atoms in total. The lowest BCUT2D eigenvalue weighted by Crippen LogP contribution is -2.42. The van der Waals surface area contributed by atoms with Crippen LogP contribution in [0.1, 0.15) is 6.42 Å². The maximum Gasteiger partial charge on any atom is 0.160 e. The van der Waals surface area contributed by atoms with Gasteiger partial charge in [-0.05, 0) is 19.5 Å². The predicted octanol–water partition coefficient (Wildman–Crippen LogP) is -0.780. The van der Waals surface area contributed by atoms with E-state index >= 15 is 0 Å². The number of ketones is 1. The molecule has 0 bridgehead atoms. The molecule has 2 N–H and O–H groups in total. The molecule has 3 heteroatoms. The van der Waals surface area contributed by atoms with Crippen molar-refractivity contribution >= 4 is 5.78 Å². The van der Waals surface area contributed by atoms with Crippen molar-refractivity contribution in [3.8, 4) is 0 Å². The standard InChI is InChI=1S/C6H12N2O/c7-4-6(9)5-8-2-1-3-8/h1-5,7H2. The number of hydrogen-bond acceptors (Lipinski definition) is 3. The Morgan fingerprint density at radius 2 is 2.22 bits per heavy atom. The van der Waals surface area contributed by atoms with E-state index < -0.39 is 0 Å². The first-order chi connectivity index (χ1) is 4.33. The van der Waals surface area contributed by atoms with Crippen LogP contribution in [0, 0.1) is 0 Å². The molecular formula is C6H12N2O. The maximum atomic E-state index is 10.6. The third kappa shape index (κ3) is 1.77. The lowest BCUT2D eigenvalue weighted by Gasteiger charge is -2.29. The van der Waals surface area contributed by atoms with Crippen LogP contribution in [0.25, 0.3) is 0 Å². The zero-order valence-corrected chi connectivity index (χ0v) is 5.47. The largest absolute Gasteiger partial charge is 0.324 e. The maximum absolute atomic E-state index is 10.6. The van der Waals surface area contributed by atoms with E-state index in [9.17, 15) is 4.79 Å². The fraction of sp³-hybridized carbons (Fsp3) is 0.833. The monoisotopic (exact) mass is 128 g/mol. The molecule has 1 aliphatic rings. The molecule has 9 heavy (non-hydrogen) atoms. The Hall–Kier alpha value is -0.410. The molecule has 0 atom stereocenters. The zero-order valence-electron chi connectivity index (χ0n) is 5.47. The summed E-state index contributed by atoms with van der Waals surface area (Å²) in [5.74, 6) is 0.148. The van der Waals surface area contributed by atoms with E-state index in [1.54, 1.807) is 0 Å². The second kappa shape index (κ2) is 2.94. The molecule has 0 aromatic carbocycles. The van der Waals surface area contributed by atoms with Gasteiger partial charge in [-0.2, -0.15) is 0 Å². The highest BCUT2D eigenvalue weighted by atomic mass is 16.1. The van der Waals surface area contributed by atoms with Gasteiger partial charge in [-0.25, -0.2) is 0 Å². The number of nitrogens with two attached hydrogens (primary N) is 1. The molecule has 0 aliphatic carbocycles. The summed E-state index contributed by atoms with van der Waals surface area (Å²) in [5.41, 5.74) is 5.12. The van der Waals surface area contributed by atoms with Crippen LogP contribution in [-0.2, 0) is 4.79 Å². The van der Waals surface area contributed by atoms with Crippen molar-refractivity contribution in [2.75, 3.05) is 26.2 Å². The summed E-state index contributed by atoms with van der Waals surface area (Å²) in [6.45, 7) is 2.91. The molecule has 1 rings (SSSR count). The summed E-state index contributed by atoms with van der Waals surface area (Å²) in [6.07, 6.45) is 1.23. The first-order valence-electron chi connectivity index (χ1n) is 3.27. The zero-order chi connectivity index (χ0) is 6.69. The Morgan fingerprint density at radius 3 is 2.56 bits per heavy atom. The van der Waals surface area contributed by atoms with Crippen LogP contribution in [0.5, 0.6) is 0 Å². The van der Waals surface area contributed by atoms with Gasteiger partial charge in [0.15, 0.2) is 5.78 Å². The average molecular weight is 128 g/mol. The van der Waals surface area contributed by atoms with Gasteiger partial charge in [-0.1, -0.05) is 0 Å². The Bertz CT molecular complexity index is 110. The fourth-order valence-electron chi connectivity index (χ4n) is 0.854. The van der Waals surface area contributed by atoms with Crippen LogP contribution in [0.4, 0.5) is 0 Å². The van der Waals surface area contributed by atoms with Crippen molar-refractivity contribution in [3.05, 3.63) is 0 Å². The highest BCUT2D eigenvalue weighted by Crippen LogP contribution is 2.03. The summed E-state index contributed by atoms with van der Waals surface area (Å²) >= 11 is 0. The average Bonchev–Trinajstić information content (AvgIpc) is 1.78. The molecule has 0 aromatic rings. The quantitative estimate of drug-likeness (QED) is 0.542. The minimum absolute atomic E-state index is 0.148. The molecule has 0 spiro atoms. The Kier molecular flexibility index (Phi) is 2.19. The predicted molar refractivity (Wildman–Crippen MR) is 35.1 cm³/mol. The SMILES string of the molecule is NCC(=O)CN1CCC1. The summed E-state index contributed by atoms with van der Waals surface area (Å²) in [6, 6.07) is 0. The van der Waals surface area contributed by atoms with Crippen LogP contribution in [0.3, 0.4) is 0 Å². The van der Waals surface area contributed by atoms with E-state index in [-0.39, 0.29) is 12.3 Å². The molecule has 0 amide bonds. The van der Waals surface area contributed by atoms with Crippen molar-refractivity contribution in [1.82, 2.24) is 4.90 Å². The smallest absolute Gasteiger partial charge is 0.160 e.